The van der Waals surface area contributed by atoms with E-state index in [2.05, 4.69) is 37.0 Å². The minimum absolute atomic E-state index is 0.0662. The van der Waals surface area contributed by atoms with Crippen molar-refractivity contribution in [3.05, 3.63) is 82.4 Å². The van der Waals surface area contributed by atoms with Crippen LogP contribution >= 0.6 is 0 Å². The van der Waals surface area contributed by atoms with E-state index in [-0.39, 0.29) is 5.91 Å². The summed E-state index contributed by atoms with van der Waals surface area (Å²) in [5, 5.41) is 0. The standard InChI is InChI=1S/C29H37N3O2/c1-7-11-22(12-8-2)23-15-16-24(27(17-23)34-6)18-28-30-19-26(21(4)31-28)32(5)29(33)25-14-10-9-13-20(25)3/h9-10,13-17,19,22H,7-8,11-12,18H2,1-6H3. The van der Waals surface area contributed by atoms with Gasteiger partial charge in [-0.05, 0) is 55.9 Å². The third-order valence-corrected chi connectivity index (χ3v) is 6.45. The smallest absolute Gasteiger partial charge is 0.258 e. The molecule has 0 saturated heterocycles. The summed E-state index contributed by atoms with van der Waals surface area (Å²) in [4.78, 5) is 23.9. The van der Waals surface area contributed by atoms with E-state index in [1.165, 1.54) is 31.2 Å². The van der Waals surface area contributed by atoms with Crippen LogP contribution in [-0.4, -0.2) is 30.0 Å². The van der Waals surface area contributed by atoms with Crippen LogP contribution in [0.2, 0.25) is 0 Å². The van der Waals surface area contributed by atoms with Gasteiger partial charge < -0.3 is 9.64 Å². The fraction of sp³-hybridized carbons (Fsp3) is 0.414. The third-order valence-electron chi connectivity index (χ3n) is 6.45. The van der Waals surface area contributed by atoms with Gasteiger partial charge in [0, 0.05) is 24.6 Å². The fourth-order valence-electron chi connectivity index (χ4n) is 4.53. The van der Waals surface area contributed by atoms with E-state index in [1.807, 2.05) is 38.1 Å². The molecule has 0 saturated carbocycles. The molecule has 0 spiro atoms. The zero-order chi connectivity index (χ0) is 24.7. The van der Waals surface area contributed by atoms with Crippen LogP contribution in [0.15, 0.2) is 48.7 Å². The van der Waals surface area contributed by atoms with E-state index in [9.17, 15) is 4.79 Å². The Kier molecular flexibility index (Phi) is 8.80. The molecule has 180 valence electrons. The Hall–Kier alpha value is -3.21. The van der Waals surface area contributed by atoms with Gasteiger partial charge in [-0.15, -0.1) is 0 Å². The Labute approximate surface area is 204 Å². The predicted octanol–water partition coefficient (Wildman–Crippen LogP) is 6.65. The van der Waals surface area contributed by atoms with Crippen LogP contribution in [0.1, 0.15) is 84.0 Å². The summed E-state index contributed by atoms with van der Waals surface area (Å²) in [6.45, 7) is 8.34. The van der Waals surface area contributed by atoms with Gasteiger partial charge in [0.25, 0.3) is 5.91 Å². The minimum Gasteiger partial charge on any atom is -0.496 e. The molecule has 0 fully saturated rings. The molecule has 1 aromatic heterocycles. The highest BCUT2D eigenvalue weighted by Gasteiger charge is 2.19. The molecule has 34 heavy (non-hydrogen) atoms. The topological polar surface area (TPSA) is 55.3 Å². The molecule has 0 radical (unpaired) electrons. The number of hydrogen-bond acceptors (Lipinski definition) is 4. The summed E-state index contributed by atoms with van der Waals surface area (Å²) in [5.41, 5.74) is 5.52. The van der Waals surface area contributed by atoms with Crippen molar-refractivity contribution < 1.29 is 9.53 Å². The van der Waals surface area contributed by atoms with Crippen LogP contribution in [0, 0.1) is 13.8 Å². The SMILES string of the molecule is CCCC(CCC)c1ccc(Cc2ncc(N(C)C(=O)c3ccccc3C)c(C)n2)c(OC)c1. The Balaban J connectivity index is 1.81. The highest BCUT2D eigenvalue weighted by atomic mass is 16.5. The molecule has 3 aromatic rings. The van der Waals surface area contributed by atoms with Gasteiger partial charge in [-0.25, -0.2) is 9.97 Å². The van der Waals surface area contributed by atoms with Gasteiger partial charge >= 0.3 is 0 Å². The minimum atomic E-state index is -0.0662. The van der Waals surface area contributed by atoms with Crippen molar-refractivity contribution in [3.8, 4) is 5.75 Å². The highest BCUT2D eigenvalue weighted by molar-refractivity contribution is 6.06. The Morgan fingerprint density at radius 1 is 1.06 bits per heavy atom. The molecule has 5 nitrogen and oxygen atoms in total. The number of aromatic nitrogens is 2. The quantitative estimate of drug-likeness (QED) is 0.340. The average molecular weight is 460 g/mol. The van der Waals surface area contributed by atoms with Gasteiger partial charge in [0.05, 0.1) is 24.7 Å². The van der Waals surface area contributed by atoms with Gasteiger partial charge in [0.1, 0.15) is 11.6 Å². The molecule has 1 amide bonds. The number of nitrogens with zero attached hydrogens (tertiary/aromatic N) is 3. The molecule has 3 rings (SSSR count). The number of hydrogen-bond donors (Lipinski definition) is 0. The van der Waals surface area contributed by atoms with Crippen molar-refractivity contribution in [1.29, 1.82) is 0 Å². The first-order valence-corrected chi connectivity index (χ1v) is 12.2. The number of amides is 1. The average Bonchev–Trinajstić information content (AvgIpc) is 2.84. The van der Waals surface area contributed by atoms with E-state index < -0.39 is 0 Å². The van der Waals surface area contributed by atoms with E-state index in [0.29, 0.717) is 29.4 Å². The maximum atomic E-state index is 13.0. The second-order valence-electron chi connectivity index (χ2n) is 8.96. The molecule has 0 aliphatic heterocycles. The monoisotopic (exact) mass is 459 g/mol. The number of anilines is 1. The first-order chi connectivity index (χ1) is 16.4. The van der Waals surface area contributed by atoms with Crippen molar-refractivity contribution >= 4 is 11.6 Å². The van der Waals surface area contributed by atoms with Crippen LogP contribution in [-0.2, 0) is 6.42 Å². The van der Waals surface area contributed by atoms with Crippen LogP contribution in [0.25, 0.3) is 0 Å². The number of rotatable bonds is 10. The molecular weight excluding hydrogens is 422 g/mol. The van der Waals surface area contributed by atoms with Crippen molar-refractivity contribution in [1.82, 2.24) is 9.97 Å². The maximum absolute atomic E-state index is 13.0. The van der Waals surface area contributed by atoms with Crippen molar-refractivity contribution in [2.24, 2.45) is 0 Å². The van der Waals surface area contributed by atoms with Gasteiger partial charge in [0.2, 0.25) is 0 Å². The lowest BCUT2D eigenvalue weighted by atomic mass is 9.89. The third kappa shape index (κ3) is 5.82. The molecule has 1 heterocycles. The van der Waals surface area contributed by atoms with E-state index in [1.54, 1.807) is 25.3 Å². The summed E-state index contributed by atoms with van der Waals surface area (Å²) < 4.78 is 5.74. The molecule has 0 N–H and O–H groups in total. The maximum Gasteiger partial charge on any atom is 0.258 e. The largest absolute Gasteiger partial charge is 0.496 e. The summed E-state index contributed by atoms with van der Waals surface area (Å²) >= 11 is 0. The van der Waals surface area contributed by atoms with E-state index in [0.717, 1.165) is 22.6 Å². The first-order valence-electron chi connectivity index (χ1n) is 12.2. The lowest BCUT2D eigenvalue weighted by molar-refractivity contribution is 0.0992. The zero-order valence-electron chi connectivity index (χ0n) is 21.4. The molecule has 0 atom stereocenters. The highest BCUT2D eigenvalue weighted by Crippen LogP contribution is 2.31. The number of carbonyl (C=O) groups is 1. The lowest BCUT2D eigenvalue weighted by Gasteiger charge is -2.20. The molecule has 5 heteroatoms. The molecule has 0 aliphatic rings. The second kappa shape index (κ2) is 11.8. The normalized spacial score (nSPS) is 11.0. The number of aryl methyl sites for hydroxylation is 2. The zero-order valence-corrected chi connectivity index (χ0v) is 21.4. The van der Waals surface area contributed by atoms with Crippen LogP contribution < -0.4 is 9.64 Å². The summed E-state index contributed by atoms with van der Waals surface area (Å²) in [7, 11) is 3.49. The van der Waals surface area contributed by atoms with Crippen LogP contribution in [0.3, 0.4) is 0 Å². The van der Waals surface area contributed by atoms with E-state index in [4.69, 9.17) is 9.72 Å². The predicted molar refractivity (Wildman–Crippen MR) is 139 cm³/mol. The molecule has 0 unspecified atom stereocenters. The first kappa shape index (κ1) is 25.4. The molecule has 2 aromatic carbocycles. The molecule has 0 aliphatic carbocycles. The number of methoxy groups -OCH3 is 1. The second-order valence-corrected chi connectivity index (χ2v) is 8.96. The number of ether oxygens (including phenoxy) is 1. The van der Waals surface area contributed by atoms with Gasteiger partial charge in [0.15, 0.2) is 0 Å². The number of carbonyl (C=O) groups excluding carboxylic acids is 1. The summed E-state index contributed by atoms with van der Waals surface area (Å²) in [6, 6.07) is 14.2. The van der Waals surface area contributed by atoms with Gasteiger partial charge in [-0.3, -0.25) is 4.79 Å². The van der Waals surface area contributed by atoms with Crippen LogP contribution in [0.5, 0.6) is 5.75 Å². The Bertz CT molecular complexity index is 1120. The van der Waals surface area contributed by atoms with Crippen molar-refractivity contribution in [2.75, 3.05) is 19.1 Å². The summed E-state index contributed by atoms with van der Waals surface area (Å²) in [6.07, 6.45) is 7.05. The lowest BCUT2D eigenvalue weighted by Crippen LogP contribution is -2.28. The summed E-state index contributed by atoms with van der Waals surface area (Å²) in [5.74, 6) is 2.09. The fourth-order valence-corrected chi connectivity index (χ4v) is 4.53. The number of benzene rings is 2. The Morgan fingerprint density at radius 2 is 1.76 bits per heavy atom. The van der Waals surface area contributed by atoms with E-state index >= 15 is 0 Å². The van der Waals surface area contributed by atoms with Gasteiger partial charge in [-0.2, -0.15) is 0 Å². The van der Waals surface area contributed by atoms with Crippen molar-refractivity contribution in [2.45, 2.75) is 65.7 Å². The van der Waals surface area contributed by atoms with Crippen LogP contribution in [0.4, 0.5) is 5.69 Å². The van der Waals surface area contributed by atoms with Gasteiger partial charge in [-0.1, -0.05) is 57.0 Å². The molecule has 0 bridgehead atoms. The molecular formula is C29H37N3O2. The Morgan fingerprint density at radius 3 is 2.38 bits per heavy atom. The van der Waals surface area contributed by atoms with Crippen molar-refractivity contribution in [3.63, 3.8) is 0 Å².